The molecular weight excluding hydrogens is 402 g/mol. The van der Waals surface area contributed by atoms with Crippen molar-refractivity contribution in [1.82, 2.24) is 14.8 Å². The number of halogens is 1. The zero-order valence-corrected chi connectivity index (χ0v) is 14.8. The van der Waals surface area contributed by atoms with Crippen LogP contribution in [0.5, 0.6) is 0 Å². The number of nitrogens with zero attached hydrogens (tertiary/aromatic N) is 4. The van der Waals surface area contributed by atoms with E-state index in [0.29, 0.717) is 16.9 Å². The lowest BCUT2D eigenvalue weighted by molar-refractivity contribution is -0.384. The predicted molar refractivity (Wildman–Crippen MR) is 99.8 cm³/mol. The number of rotatable bonds is 5. The van der Waals surface area contributed by atoms with Crippen molar-refractivity contribution in [3.8, 4) is 5.69 Å². The number of anilines is 1. The van der Waals surface area contributed by atoms with Crippen LogP contribution in [0.2, 0.25) is 0 Å². The molecule has 0 saturated heterocycles. The quantitative estimate of drug-likeness (QED) is 0.391. The number of non-ortho nitro benzene ring substituents is 1. The first kappa shape index (κ1) is 17.5. The van der Waals surface area contributed by atoms with E-state index in [1.165, 1.54) is 41.6 Å². The first-order valence-electron chi connectivity index (χ1n) is 7.41. The molecule has 1 N–H and O–H groups in total. The van der Waals surface area contributed by atoms with Gasteiger partial charge in [-0.2, -0.15) is 5.10 Å². The predicted octanol–water partition coefficient (Wildman–Crippen LogP) is 3.59. The second-order valence-corrected chi connectivity index (χ2v) is 6.09. The number of hydrogen-bond acceptors (Lipinski definition) is 5. The van der Waals surface area contributed by atoms with Gasteiger partial charge in [0.15, 0.2) is 0 Å². The Balaban J connectivity index is 1.79. The summed E-state index contributed by atoms with van der Waals surface area (Å²) in [7, 11) is 0. The van der Waals surface area contributed by atoms with E-state index in [-0.39, 0.29) is 11.6 Å². The summed E-state index contributed by atoms with van der Waals surface area (Å²) in [5.74, 6) is -0.379. The van der Waals surface area contributed by atoms with Gasteiger partial charge in [-0.15, -0.1) is 0 Å². The minimum atomic E-state index is -0.483. The summed E-state index contributed by atoms with van der Waals surface area (Å²) < 4.78 is 2.33. The third-order valence-electron chi connectivity index (χ3n) is 3.39. The maximum atomic E-state index is 12.2. The molecule has 9 heteroatoms. The van der Waals surface area contributed by atoms with Crippen molar-refractivity contribution in [2.45, 2.75) is 0 Å². The van der Waals surface area contributed by atoms with Crippen molar-refractivity contribution >= 4 is 39.3 Å². The largest absolute Gasteiger partial charge is 0.321 e. The van der Waals surface area contributed by atoms with Crippen LogP contribution in [0.3, 0.4) is 0 Å². The van der Waals surface area contributed by atoms with Gasteiger partial charge in [0.1, 0.15) is 12.7 Å². The van der Waals surface area contributed by atoms with E-state index in [2.05, 4.69) is 31.3 Å². The van der Waals surface area contributed by atoms with Crippen molar-refractivity contribution in [2.24, 2.45) is 0 Å². The zero-order chi connectivity index (χ0) is 18.5. The molecule has 26 heavy (non-hydrogen) atoms. The highest BCUT2D eigenvalue weighted by atomic mass is 79.9. The molecule has 8 nitrogen and oxygen atoms in total. The van der Waals surface area contributed by atoms with Gasteiger partial charge < -0.3 is 5.32 Å². The molecule has 0 radical (unpaired) electrons. The fourth-order valence-corrected chi connectivity index (χ4v) is 2.59. The van der Waals surface area contributed by atoms with Crippen LogP contribution >= 0.6 is 15.9 Å². The molecular formula is C17H12BrN5O3. The van der Waals surface area contributed by atoms with Gasteiger partial charge in [0.25, 0.3) is 5.69 Å². The lowest BCUT2D eigenvalue weighted by Crippen LogP contribution is -2.11. The Morgan fingerprint density at radius 2 is 2.12 bits per heavy atom. The zero-order valence-electron chi connectivity index (χ0n) is 13.2. The molecule has 2 aromatic carbocycles. The molecule has 0 spiro atoms. The number of carbonyl (C=O) groups is 1. The van der Waals surface area contributed by atoms with Gasteiger partial charge >= 0.3 is 0 Å². The van der Waals surface area contributed by atoms with Crippen LogP contribution in [0.4, 0.5) is 11.4 Å². The standard InChI is InChI=1S/C17H12BrN5O3/c18-13-5-6-16(22-11-19-10-20-22)15(9-13)21-17(24)7-4-12-2-1-3-14(8-12)23(25)26/h1-11H,(H,21,24)/b7-4+. The molecule has 0 aliphatic carbocycles. The second-order valence-electron chi connectivity index (χ2n) is 5.18. The van der Waals surface area contributed by atoms with Crippen LogP contribution in [0.25, 0.3) is 11.8 Å². The molecule has 3 aromatic rings. The summed E-state index contributed by atoms with van der Waals surface area (Å²) in [6, 6.07) is 11.4. The molecule has 0 aliphatic heterocycles. The first-order chi connectivity index (χ1) is 12.5. The Hall–Kier alpha value is -3.33. The van der Waals surface area contributed by atoms with E-state index < -0.39 is 4.92 Å². The van der Waals surface area contributed by atoms with E-state index in [1.54, 1.807) is 24.3 Å². The monoisotopic (exact) mass is 413 g/mol. The minimum Gasteiger partial charge on any atom is -0.321 e. The summed E-state index contributed by atoms with van der Waals surface area (Å²) in [6.45, 7) is 0. The smallest absolute Gasteiger partial charge is 0.270 e. The number of amides is 1. The van der Waals surface area contributed by atoms with Crippen LogP contribution in [-0.2, 0) is 4.79 Å². The molecule has 0 atom stereocenters. The van der Waals surface area contributed by atoms with Crippen molar-refractivity contribution < 1.29 is 9.72 Å². The van der Waals surface area contributed by atoms with Gasteiger partial charge in [-0.3, -0.25) is 14.9 Å². The van der Waals surface area contributed by atoms with Crippen LogP contribution in [0, 0.1) is 10.1 Å². The summed E-state index contributed by atoms with van der Waals surface area (Å²) in [6.07, 6.45) is 5.74. The Morgan fingerprint density at radius 3 is 2.85 bits per heavy atom. The van der Waals surface area contributed by atoms with Crippen LogP contribution < -0.4 is 5.32 Å². The Labute approximate surface area is 156 Å². The van der Waals surface area contributed by atoms with Gasteiger partial charge in [-0.1, -0.05) is 28.1 Å². The number of nitro groups is 1. The number of benzene rings is 2. The molecule has 130 valence electrons. The van der Waals surface area contributed by atoms with Gasteiger partial charge in [0.05, 0.1) is 16.3 Å². The SMILES string of the molecule is O=C(/C=C/c1cccc([N+](=O)[O-])c1)Nc1cc(Br)ccc1-n1cncn1. The third-order valence-corrected chi connectivity index (χ3v) is 3.88. The number of nitro benzene ring substituents is 1. The highest BCUT2D eigenvalue weighted by Crippen LogP contribution is 2.24. The van der Waals surface area contributed by atoms with Crippen molar-refractivity contribution in [3.63, 3.8) is 0 Å². The Bertz CT molecular complexity index is 986. The second kappa shape index (κ2) is 7.70. The number of hydrogen-bond donors (Lipinski definition) is 1. The normalized spacial score (nSPS) is 10.8. The highest BCUT2D eigenvalue weighted by Gasteiger charge is 2.09. The maximum absolute atomic E-state index is 12.2. The van der Waals surface area contributed by atoms with E-state index in [1.807, 2.05) is 6.07 Å². The average molecular weight is 414 g/mol. The maximum Gasteiger partial charge on any atom is 0.270 e. The topological polar surface area (TPSA) is 103 Å². The third kappa shape index (κ3) is 4.19. The summed E-state index contributed by atoms with van der Waals surface area (Å²) in [5.41, 5.74) is 1.72. The number of aromatic nitrogens is 3. The fraction of sp³-hybridized carbons (Fsp3) is 0. The molecule has 1 amide bonds. The minimum absolute atomic E-state index is 0.0342. The molecule has 0 aliphatic rings. The van der Waals surface area contributed by atoms with Gasteiger partial charge in [0.2, 0.25) is 5.91 Å². The molecule has 3 rings (SSSR count). The van der Waals surface area contributed by atoms with Crippen molar-refractivity contribution in [1.29, 1.82) is 0 Å². The Morgan fingerprint density at radius 1 is 1.27 bits per heavy atom. The van der Waals surface area contributed by atoms with Crippen molar-refractivity contribution in [2.75, 3.05) is 5.32 Å². The summed E-state index contributed by atoms with van der Waals surface area (Å²) in [4.78, 5) is 26.5. The summed E-state index contributed by atoms with van der Waals surface area (Å²) in [5, 5.41) is 17.6. The fourth-order valence-electron chi connectivity index (χ4n) is 2.23. The molecule has 1 heterocycles. The van der Waals surface area contributed by atoms with Gasteiger partial charge in [-0.05, 0) is 29.8 Å². The summed E-state index contributed by atoms with van der Waals surface area (Å²) >= 11 is 3.37. The number of carbonyl (C=O) groups excluding carboxylic acids is 1. The van der Waals surface area contributed by atoms with E-state index in [0.717, 1.165) is 4.47 Å². The lowest BCUT2D eigenvalue weighted by atomic mass is 10.2. The van der Waals surface area contributed by atoms with Crippen LogP contribution in [-0.4, -0.2) is 25.6 Å². The molecule has 0 bridgehead atoms. The van der Waals surface area contributed by atoms with Gasteiger partial charge in [-0.25, -0.2) is 9.67 Å². The molecule has 0 fully saturated rings. The first-order valence-corrected chi connectivity index (χ1v) is 8.20. The molecule has 0 saturated carbocycles. The van der Waals surface area contributed by atoms with E-state index in [4.69, 9.17) is 0 Å². The van der Waals surface area contributed by atoms with Crippen molar-refractivity contribution in [3.05, 3.63) is 81.3 Å². The average Bonchev–Trinajstić information content (AvgIpc) is 3.15. The van der Waals surface area contributed by atoms with Crippen LogP contribution in [0.15, 0.2) is 65.7 Å². The number of nitrogens with one attached hydrogen (secondary N) is 1. The van der Waals surface area contributed by atoms with E-state index >= 15 is 0 Å². The Kier molecular flexibility index (Phi) is 5.18. The van der Waals surface area contributed by atoms with Gasteiger partial charge in [0, 0.05) is 22.7 Å². The molecule has 0 unspecified atom stereocenters. The lowest BCUT2D eigenvalue weighted by Gasteiger charge is -2.10. The highest BCUT2D eigenvalue weighted by molar-refractivity contribution is 9.10. The van der Waals surface area contributed by atoms with E-state index in [9.17, 15) is 14.9 Å². The van der Waals surface area contributed by atoms with Crippen LogP contribution in [0.1, 0.15) is 5.56 Å². The molecule has 1 aromatic heterocycles.